The molecule has 1 atom stereocenters. The number of carbonyl (C=O) groups is 2. The number of nitrogens with one attached hydrogen (secondary N) is 1. The maximum absolute atomic E-state index is 11.9. The molecule has 1 unspecified atom stereocenters. The van der Waals surface area contributed by atoms with Crippen molar-refractivity contribution in [2.75, 3.05) is 12.3 Å². The summed E-state index contributed by atoms with van der Waals surface area (Å²) >= 11 is 1.44. The van der Waals surface area contributed by atoms with Crippen molar-refractivity contribution >= 4 is 23.6 Å². The molecule has 6 nitrogen and oxygen atoms in total. The van der Waals surface area contributed by atoms with Gasteiger partial charge in [-0.2, -0.15) is 0 Å². The standard InChI is InChI=1S/C17H20N2O4S/c1-11-15(12(2)23-19-11)9-24-10-16(20)18-8-14(17(21)22)13-6-4-3-5-7-13/h3-7,14H,8-10H2,1-2H3,(H,18,20)(H,21,22). The highest BCUT2D eigenvalue weighted by atomic mass is 32.2. The minimum atomic E-state index is -0.954. The van der Waals surface area contributed by atoms with Gasteiger partial charge < -0.3 is 14.9 Å². The van der Waals surface area contributed by atoms with Gasteiger partial charge in [-0.15, -0.1) is 11.8 Å². The van der Waals surface area contributed by atoms with Crippen LogP contribution in [-0.4, -0.2) is 34.4 Å². The van der Waals surface area contributed by atoms with E-state index < -0.39 is 11.9 Å². The third-order valence-corrected chi connectivity index (χ3v) is 4.62. The van der Waals surface area contributed by atoms with E-state index in [0.29, 0.717) is 11.3 Å². The highest BCUT2D eigenvalue weighted by Crippen LogP contribution is 2.19. The predicted octanol–water partition coefficient (Wildman–Crippen LogP) is 2.51. The Morgan fingerprint density at radius 2 is 2.00 bits per heavy atom. The van der Waals surface area contributed by atoms with E-state index in [2.05, 4.69) is 10.5 Å². The summed E-state index contributed by atoms with van der Waals surface area (Å²) < 4.78 is 5.08. The molecule has 1 aromatic carbocycles. The molecule has 128 valence electrons. The fourth-order valence-electron chi connectivity index (χ4n) is 2.25. The van der Waals surface area contributed by atoms with Crippen LogP contribution in [0.25, 0.3) is 0 Å². The molecule has 0 radical (unpaired) electrons. The molecule has 0 aliphatic carbocycles. The van der Waals surface area contributed by atoms with Crippen LogP contribution in [0.2, 0.25) is 0 Å². The summed E-state index contributed by atoms with van der Waals surface area (Å²) in [5.41, 5.74) is 2.50. The number of nitrogens with zero attached hydrogens (tertiary/aromatic N) is 1. The Morgan fingerprint density at radius 3 is 2.58 bits per heavy atom. The third kappa shape index (κ3) is 4.86. The fourth-order valence-corrected chi connectivity index (χ4v) is 3.26. The summed E-state index contributed by atoms with van der Waals surface area (Å²) in [6, 6.07) is 8.89. The zero-order chi connectivity index (χ0) is 17.5. The largest absolute Gasteiger partial charge is 0.481 e. The van der Waals surface area contributed by atoms with Crippen molar-refractivity contribution in [1.82, 2.24) is 10.5 Å². The van der Waals surface area contributed by atoms with Crippen LogP contribution >= 0.6 is 11.8 Å². The lowest BCUT2D eigenvalue weighted by atomic mass is 9.99. The molecular formula is C17H20N2O4S. The zero-order valence-electron chi connectivity index (χ0n) is 13.6. The number of amides is 1. The van der Waals surface area contributed by atoms with Crippen molar-refractivity contribution in [3.05, 3.63) is 52.9 Å². The zero-order valence-corrected chi connectivity index (χ0v) is 14.4. The molecule has 24 heavy (non-hydrogen) atoms. The van der Waals surface area contributed by atoms with E-state index in [1.54, 1.807) is 24.3 Å². The molecule has 0 bridgehead atoms. The van der Waals surface area contributed by atoms with Gasteiger partial charge in [-0.1, -0.05) is 35.5 Å². The minimum Gasteiger partial charge on any atom is -0.481 e. The normalized spacial score (nSPS) is 11.9. The Hall–Kier alpha value is -2.28. The summed E-state index contributed by atoms with van der Waals surface area (Å²) in [5.74, 6) is -0.238. The topological polar surface area (TPSA) is 92.4 Å². The lowest BCUT2D eigenvalue weighted by Gasteiger charge is -2.13. The molecule has 0 aliphatic heterocycles. The van der Waals surface area contributed by atoms with Crippen molar-refractivity contribution in [3.63, 3.8) is 0 Å². The maximum atomic E-state index is 11.9. The highest BCUT2D eigenvalue weighted by molar-refractivity contribution is 7.99. The van der Waals surface area contributed by atoms with E-state index >= 15 is 0 Å². The summed E-state index contributed by atoms with van der Waals surface area (Å²) in [6.07, 6.45) is 0. The van der Waals surface area contributed by atoms with Crippen LogP contribution in [0.5, 0.6) is 0 Å². The second kappa shape index (κ2) is 8.54. The van der Waals surface area contributed by atoms with E-state index in [9.17, 15) is 14.7 Å². The van der Waals surface area contributed by atoms with Gasteiger partial charge >= 0.3 is 5.97 Å². The van der Waals surface area contributed by atoms with Crippen LogP contribution < -0.4 is 5.32 Å². The lowest BCUT2D eigenvalue weighted by molar-refractivity contribution is -0.138. The first-order valence-electron chi connectivity index (χ1n) is 7.53. The van der Waals surface area contributed by atoms with Crippen LogP contribution in [0.3, 0.4) is 0 Å². The molecule has 0 saturated carbocycles. The number of carboxylic acids is 1. The first kappa shape index (κ1) is 18.1. The van der Waals surface area contributed by atoms with Gasteiger partial charge in [0.2, 0.25) is 5.91 Å². The maximum Gasteiger partial charge on any atom is 0.312 e. The summed E-state index contributed by atoms with van der Waals surface area (Å²) in [7, 11) is 0. The Kier molecular flexibility index (Phi) is 6.43. The number of hydrogen-bond donors (Lipinski definition) is 2. The molecule has 1 heterocycles. The number of carboxylic acid groups (broad SMARTS) is 1. The number of aryl methyl sites for hydroxylation is 2. The summed E-state index contributed by atoms with van der Waals surface area (Å²) in [5, 5.41) is 15.9. The molecule has 2 aromatic rings. The average Bonchev–Trinajstić information content (AvgIpc) is 2.87. The summed E-state index contributed by atoms with van der Waals surface area (Å²) in [6.45, 7) is 3.78. The number of thioether (sulfide) groups is 1. The van der Waals surface area contributed by atoms with Crippen LogP contribution in [0, 0.1) is 13.8 Å². The van der Waals surface area contributed by atoms with Gasteiger partial charge in [-0.25, -0.2) is 0 Å². The first-order chi connectivity index (χ1) is 11.5. The Morgan fingerprint density at radius 1 is 1.29 bits per heavy atom. The fraction of sp³-hybridized carbons (Fsp3) is 0.353. The van der Waals surface area contributed by atoms with Gasteiger partial charge in [0, 0.05) is 17.9 Å². The van der Waals surface area contributed by atoms with Crippen molar-refractivity contribution in [2.24, 2.45) is 0 Å². The molecule has 1 amide bonds. The Labute approximate surface area is 144 Å². The van der Waals surface area contributed by atoms with Crippen LogP contribution in [-0.2, 0) is 15.3 Å². The van der Waals surface area contributed by atoms with Gasteiger partial charge in [0.1, 0.15) is 5.76 Å². The average molecular weight is 348 g/mol. The SMILES string of the molecule is Cc1noc(C)c1CSCC(=O)NCC(C(=O)O)c1ccccc1. The molecule has 2 N–H and O–H groups in total. The molecule has 2 rings (SSSR count). The van der Waals surface area contributed by atoms with Crippen molar-refractivity contribution in [1.29, 1.82) is 0 Å². The second-order valence-electron chi connectivity index (χ2n) is 5.40. The minimum absolute atomic E-state index is 0.0735. The van der Waals surface area contributed by atoms with Gasteiger partial charge in [0.05, 0.1) is 17.4 Å². The van der Waals surface area contributed by atoms with E-state index in [1.165, 1.54) is 11.8 Å². The smallest absolute Gasteiger partial charge is 0.312 e. The number of hydrogen-bond acceptors (Lipinski definition) is 5. The first-order valence-corrected chi connectivity index (χ1v) is 8.68. The van der Waals surface area contributed by atoms with Gasteiger partial charge in [-0.3, -0.25) is 9.59 Å². The molecule has 7 heteroatoms. The molecule has 0 spiro atoms. The van der Waals surface area contributed by atoms with E-state index in [-0.39, 0.29) is 18.2 Å². The highest BCUT2D eigenvalue weighted by Gasteiger charge is 2.20. The van der Waals surface area contributed by atoms with Crippen LogP contribution in [0.1, 0.15) is 28.5 Å². The monoisotopic (exact) mass is 348 g/mol. The predicted molar refractivity (Wildman–Crippen MR) is 92.0 cm³/mol. The van der Waals surface area contributed by atoms with Gasteiger partial charge in [0.15, 0.2) is 0 Å². The number of benzene rings is 1. The third-order valence-electron chi connectivity index (χ3n) is 3.66. The number of aromatic nitrogens is 1. The molecular weight excluding hydrogens is 328 g/mol. The van der Waals surface area contributed by atoms with E-state index in [4.69, 9.17) is 4.52 Å². The van der Waals surface area contributed by atoms with Crippen molar-refractivity contribution in [3.8, 4) is 0 Å². The van der Waals surface area contributed by atoms with Gasteiger partial charge in [0.25, 0.3) is 0 Å². The van der Waals surface area contributed by atoms with E-state index in [1.807, 2.05) is 19.9 Å². The number of aliphatic carboxylic acids is 1. The van der Waals surface area contributed by atoms with Crippen molar-refractivity contribution < 1.29 is 19.2 Å². The molecule has 1 aromatic heterocycles. The Balaban J connectivity index is 1.80. The van der Waals surface area contributed by atoms with Crippen LogP contribution in [0.15, 0.2) is 34.9 Å². The number of rotatable bonds is 8. The van der Waals surface area contributed by atoms with Gasteiger partial charge in [-0.05, 0) is 19.4 Å². The molecule has 0 saturated heterocycles. The van der Waals surface area contributed by atoms with Crippen LogP contribution in [0.4, 0.5) is 0 Å². The Bertz CT molecular complexity index is 680. The second-order valence-corrected chi connectivity index (χ2v) is 6.39. The van der Waals surface area contributed by atoms with E-state index in [0.717, 1.165) is 17.0 Å². The van der Waals surface area contributed by atoms with Crippen molar-refractivity contribution in [2.45, 2.75) is 25.5 Å². The number of carbonyl (C=O) groups excluding carboxylic acids is 1. The quantitative estimate of drug-likeness (QED) is 0.761. The lowest BCUT2D eigenvalue weighted by Crippen LogP contribution is -2.32. The molecule has 0 aliphatic rings. The summed E-state index contributed by atoms with van der Waals surface area (Å²) in [4.78, 5) is 23.3. The molecule has 0 fully saturated rings.